The fourth-order valence-corrected chi connectivity index (χ4v) is 2.00. The highest BCUT2D eigenvalue weighted by Gasteiger charge is 2.23. The Hall–Kier alpha value is -2.96. The highest BCUT2D eigenvalue weighted by Crippen LogP contribution is 2.50. The van der Waals surface area contributed by atoms with Gasteiger partial charge in [-0.15, -0.1) is 0 Å². The molecule has 7 nitrogen and oxygen atoms in total. The Kier molecular flexibility index (Phi) is 1.93. The van der Waals surface area contributed by atoms with Gasteiger partial charge in [0.05, 0.1) is 5.39 Å². The molecule has 98 valence electrons. The number of rotatable bonds is 0. The molecule has 0 aliphatic heterocycles. The molecule has 0 bridgehead atoms. The number of fused-ring (bicyclic) bond motifs is 3. The van der Waals surface area contributed by atoms with E-state index in [0.717, 1.165) is 12.1 Å². The van der Waals surface area contributed by atoms with E-state index in [2.05, 4.69) is 0 Å². The lowest BCUT2D eigenvalue weighted by Gasteiger charge is -2.01. The fourth-order valence-electron chi connectivity index (χ4n) is 2.00. The monoisotopic (exact) mass is 264 g/mol. The van der Waals surface area contributed by atoms with E-state index in [-0.39, 0.29) is 21.9 Å². The first kappa shape index (κ1) is 11.1. The molecule has 19 heavy (non-hydrogen) atoms. The van der Waals surface area contributed by atoms with Crippen LogP contribution in [0.1, 0.15) is 0 Å². The van der Waals surface area contributed by atoms with Gasteiger partial charge in [0.15, 0.2) is 34.2 Å². The summed E-state index contributed by atoms with van der Waals surface area (Å²) in [6.07, 6.45) is 0. The van der Waals surface area contributed by atoms with E-state index in [9.17, 15) is 30.6 Å². The van der Waals surface area contributed by atoms with Crippen molar-refractivity contribution in [3.05, 3.63) is 12.1 Å². The third kappa shape index (κ3) is 1.26. The van der Waals surface area contributed by atoms with Crippen LogP contribution in [-0.2, 0) is 0 Å². The summed E-state index contributed by atoms with van der Waals surface area (Å²) in [6, 6.07) is 1.91. The van der Waals surface area contributed by atoms with Gasteiger partial charge in [-0.25, -0.2) is 0 Å². The van der Waals surface area contributed by atoms with Gasteiger partial charge < -0.3 is 35.1 Å². The van der Waals surface area contributed by atoms with E-state index in [1.165, 1.54) is 0 Å². The predicted octanol–water partition coefficient (Wildman–Crippen LogP) is 1.82. The van der Waals surface area contributed by atoms with Gasteiger partial charge in [0.2, 0.25) is 11.5 Å². The molecule has 3 rings (SSSR count). The summed E-state index contributed by atoms with van der Waals surface area (Å²) >= 11 is 0. The maximum absolute atomic E-state index is 9.77. The van der Waals surface area contributed by atoms with Gasteiger partial charge in [-0.3, -0.25) is 0 Å². The molecular formula is C12H8O7. The summed E-state index contributed by atoms with van der Waals surface area (Å²) in [5.41, 5.74) is -0.424. The SMILES string of the molecule is Oc1cc2c(oc3c(O)cc(O)c(O)c32)c(O)c1O. The van der Waals surface area contributed by atoms with Crippen LogP contribution in [0.5, 0.6) is 34.5 Å². The van der Waals surface area contributed by atoms with Crippen LogP contribution in [0, 0.1) is 0 Å². The zero-order valence-corrected chi connectivity index (χ0v) is 9.25. The van der Waals surface area contributed by atoms with Gasteiger partial charge in [0.1, 0.15) is 0 Å². The van der Waals surface area contributed by atoms with Crippen molar-refractivity contribution in [3.8, 4) is 34.5 Å². The van der Waals surface area contributed by atoms with Gasteiger partial charge in [0.25, 0.3) is 0 Å². The first-order valence-electron chi connectivity index (χ1n) is 5.15. The Balaban J connectivity index is 2.66. The second-order valence-corrected chi connectivity index (χ2v) is 4.04. The van der Waals surface area contributed by atoms with Crippen LogP contribution >= 0.6 is 0 Å². The number of aromatic hydroxyl groups is 6. The van der Waals surface area contributed by atoms with Crippen LogP contribution in [0.3, 0.4) is 0 Å². The summed E-state index contributed by atoms with van der Waals surface area (Å²) in [6.45, 7) is 0. The zero-order chi connectivity index (χ0) is 13.9. The summed E-state index contributed by atoms with van der Waals surface area (Å²) in [5, 5.41) is 57.3. The van der Waals surface area contributed by atoms with Crippen LogP contribution in [-0.4, -0.2) is 30.6 Å². The van der Waals surface area contributed by atoms with Gasteiger partial charge in [-0.05, 0) is 6.07 Å². The van der Waals surface area contributed by atoms with Gasteiger partial charge in [-0.1, -0.05) is 0 Å². The normalized spacial score (nSPS) is 11.4. The molecule has 0 saturated heterocycles. The minimum absolute atomic E-state index is 0.0338. The molecule has 3 aromatic rings. The molecule has 0 atom stereocenters. The van der Waals surface area contributed by atoms with Crippen LogP contribution in [0.25, 0.3) is 21.9 Å². The van der Waals surface area contributed by atoms with Crippen LogP contribution < -0.4 is 0 Å². The lowest BCUT2D eigenvalue weighted by atomic mass is 10.1. The van der Waals surface area contributed by atoms with Crippen molar-refractivity contribution in [1.29, 1.82) is 0 Å². The maximum atomic E-state index is 9.77. The molecule has 6 N–H and O–H groups in total. The van der Waals surface area contributed by atoms with E-state index in [0.29, 0.717) is 0 Å². The van der Waals surface area contributed by atoms with E-state index in [4.69, 9.17) is 4.42 Å². The Bertz CT molecular complexity index is 832. The Morgan fingerprint density at radius 2 is 1.26 bits per heavy atom. The van der Waals surface area contributed by atoms with Crippen molar-refractivity contribution in [2.24, 2.45) is 0 Å². The molecule has 2 aromatic carbocycles. The van der Waals surface area contributed by atoms with Gasteiger partial charge in [0, 0.05) is 11.5 Å². The Morgan fingerprint density at radius 3 is 1.95 bits per heavy atom. The van der Waals surface area contributed by atoms with Crippen LogP contribution in [0.15, 0.2) is 16.5 Å². The summed E-state index contributed by atoms with van der Waals surface area (Å²) in [5.74, 6) is -3.76. The molecule has 0 aliphatic carbocycles. The first-order valence-corrected chi connectivity index (χ1v) is 5.15. The van der Waals surface area contributed by atoms with Gasteiger partial charge in [-0.2, -0.15) is 0 Å². The minimum Gasteiger partial charge on any atom is -0.504 e. The Labute approximate surface area is 104 Å². The zero-order valence-electron chi connectivity index (χ0n) is 9.25. The predicted molar refractivity (Wildman–Crippen MR) is 63.7 cm³/mol. The number of phenols is 6. The largest absolute Gasteiger partial charge is 0.504 e. The molecule has 7 heteroatoms. The van der Waals surface area contributed by atoms with Crippen molar-refractivity contribution in [2.75, 3.05) is 0 Å². The highest BCUT2D eigenvalue weighted by molar-refractivity contribution is 6.13. The standard InChI is InChI=1S/C12H8O7/c13-4-1-3-7-8(16)5(14)2-6(15)12(7)19-11(3)10(18)9(4)17/h1-2,13-18H. The third-order valence-corrected chi connectivity index (χ3v) is 2.89. The van der Waals surface area contributed by atoms with Gasteiger partial charge >= 0.3 is 0 Å². The molecular weight excluding hydrogens is 256 g/mol. The molecule has 0 unspecified atom stereocenters. The topological polar surface area (TPSA) is 135 Å². The number of hydrogen-bond donors (Lipinski definition) is 6. The van der Waals surface area contributed by atoms with Crippen molar-refractivity contribution in [3.63, 3.8) is 0 Å². The Morgan fingerprint density at radius 1 is 0.632 bits per heavy atom. The molecule has 0 aliphatic rings. The fraction of sp³-hybridized carbons (Fsp3) is 0. The molecule has 0 amide bonds. The van der Waals surface area contributed by atoms with Crippen LogP contribution in [0.4, 0.5) is 0 Å². The molecule has 0 radical (unpaired) electrons. The number of hydrogen-bond acceptors (Lipinski definition) is 7. The highest BCUT2D eigenvalue weighted by atomic mass is 16.4. The lowest BCUT2D eigenvalue weighted by molar-refractivity contribution is 0.367. The van der Waals surface area contributed by atoms with Crippen molar-refractivity contribution < 1.29 is 35.1 Å². The van der Waals surface area contributed by atoms with E-state index >= 15 is 0 Å². The van der Waals surface area contributed by atoms with Crippen molar-refractivity contribution in [1.82, 2.24) is 0 Å². The van der Waals surface area contributed by atoms with E-state index in [1.54, 1.807) is 0 Å². The average molecular weight is 264 g/mol. The minimum atomic E-state index is -0.783. The second-order valence-electron chi connectivity index (χ2n) is 4.04. The first-order chi connectivity index (χ1) is 8.91. The molecule has 1 heterocycles. The third-order valence-electron chi connectivity index (χ3n) is 2.89. The molecule has 0 spiro atoms. The van der Waals surface area contributed by atoms with E-state index in [1.807, 2.05) is 0 Å². The summed E-state index contributed by atoms with van der Waals surface area (Å²) in [7, 11) is 0. The quantitative estimate of drug-likeness (QED) is 0.269. The number of phenolic OH excluding ortho intramolecular Hbond substituents is 6. The summed E-state index contributed by atoms with van der Waals surface area (Å²) in [4.78, 5) is 0. The lowest BCUT2D eigenvalue weighted by Crippen LogP contribution is -1.75. The van der Waals surface area contributed by atoms with Crippen LogP contribution in [0.2, 0.25) is 0 Å². The smallest absolute Gasteiger partial charge is 0.205 e. The van der Waals surface area contributed by atoms with Crippen molar-refractivity contribution >= 4 is 21.9 Å². The maximum Gasteiger partial charge on any atom is 0.205 e. The van der Waals surface area contributed by atoms with Crippen molar-refractivity contribution in [2.45, 2.75) is 0 Å². The molecule has 0 saturated carbocycles. The summed E-state index contributed by atoms with van der Waals surface area (Å²) < 4.78 is 5.14. The average Bonchev–Trinajstić information content (AvgIpc) is 2.73. The van der Waals surface area contributed by atoms with E-state index < -0.39 is 34.5 Å². The second kappa shape index (κ2) is 3.29. The number of benzene rings is 2. The number of furan rings is 1. The molecule has 1 aromatic heterocycles. The molecule has 0 fully saturated rings.